The van der Waals surface area contributed by atoms with Crippen molar-refractivity contribution in [1.29, 1.82) is 5.26 Å². The molecule has 0 aromatic carbocycles. The largest absolute Gasteiger partial charge is 0.409 e. The van der Waals surface area contributed by atoms with Crippen LogP contribution in [-0.2, 0) is 17.6 Å². The number of hydrogen-bond acceptors (Lipinski definition) is 3. The molecule has 0 saturated heterocycles. The number of amides is 1. The van der Waals surface area contributed by atoms with Gasteiger partial charge < -0.3 is 5.32 Å². The van der Waals surface area contributed by atoms with Crippen LogP contribution in [0, 0.1) is 28.6 Å². The van der Waals surface area contributed by atoms with Crippen molar-refractivity contribution in [1.82, 2.24) is 0 Å². The molecule has 0 bridgehead atoms. The monoisotopic (exact) mass is 412 g/mol. The second kappa shape index (κ2) is 7.00. The number of carbonyl (C=O) groups excluding carboxylic acids is 1. The molecule has 0 fully saturated rings. The van der Waals surface area contributed by atoms with Crippen LogP contribution in [0.15, 0.2) is 0 Å². The summed E-state index contributed by atoms with van der Waals surface area (Å²) in [7, 11) is 0. The zero-order valence-electron chi connectivity index (χ0n) is 14.8. The summed E-state index contributed by atoms with van der Waals surface area (Å²) < 4.78 is 76.3. The Labute approximate surface area is 156 Å². The Morgan fingerprint density at radius 1 is 1.19 bits per heavy atom. The van der Waals surface area contributed by atoms with Crippen LogP contribution in [0.25, 0.3) is 0 Å². The Morgan fingerprint density at radius 2 is 1.74 bits per heavy atom. The van der Waals surface area contributed by atoms with Gasteiger partial charge in [-0.25, -0.2) is 0 Å². The van der Waals surface area contributed by atoms with Crippen molar-refractivity contribution >= 4 is 22.2 Å². The lowest BCUT2D eigenvalue weighted by Gasteiger charge is -2.33. The van der Waals surface area contributed by atoms with Gasteiger partial charge in [-0.1, -0.05) is 20.8 Å². The van der Waals surface area contributed by atoms with Crippen LogP contribution in [0.1, 0.15) is 43.2 Å². The predicted molar refractivity (Wildman–Crippen MR) is 88.2 cm³/mol. The van der Waals surface area contributed by atoms with Gasteiger partial charge in [-0.05, 0) is 36.2 Å². The molecule has 0 unspecified atom stereocenters. The number of halogens is 6. The summed E-state index contributed by atoms with van der Waals surface area (Å²) in [6.07, 6.45) is -9.74. The lowest BCUT2D eigenvalue weighted by Crippen LogP contribution is -2.45. The normalized spacial score (nSPS) is 18.2. The van der Waals surface area contributed by atoms with E-state index in [4.69, 9.17) is 0 Å². The highest BCUT2D eigenvalue weighted by atomic mass is 32.1. The van der Waals surface area contributed by atoms with Gasteiger partial charge in [0, 0.05) is 4.88 Å². The standard InChI is InChI=1S/C17H18F6N2OS/c1-15(2,3)8-4-5-9-10(7-24)14(27-11(9)6-8)25-13(26)12(16(18,19)20)17(21,22)23/h8,12H,4-6H2,1-3H3,(H,25,26)/t8-/m1/s1. The molecular weight excluding hydrogens is 394 g/mol. The highest BCUT2D eigenvalue weighted by Gasteiger charge is 2.61. The van der Waals surface area contributed by atoms with E-state index in [0.29, 0.717) is 18.4 Å². The summed E-state index contributed by atoms with van der Waals surface area (Å²) in [5, 5.41) is 10.8. The Balaban J connectivity index is 2.34. The van der Waals surface area contributed by atoms with E-state index in [9.17, 15) is 36.4 Å². The Kier molecular flexibility index (Phi) is 5.59. The van der Waals surface area contributed by atoms with E-state index in [-0.39, 0.29) is 21.9 Å². The maximum absolute atomic E-state index is 12.7. The van der Waals surface area contributed by atoms with Crippen LogP contribution in [0.3, 0.4) is 0 Å². The number of nitrogens with one attached hydrogen (secondary N) is 1. The van der Waals surface area contributed by atoms with E-state index in [0.717, 1.165) is 22.6 Å². The van der Waals surface area contributed by atoms with Gasteiger partial charge in [0.15, 0.2) is 0 Å². The van der Waals surface area contributed by atoms with E-state index < -0.39 is 24.2 Å². The van der Waals surface area contributed by atoms with Crippen molar-refractivity contribution in [3.05, 3.63) is 16.0 Å². The summed E-state index contributed by atoms with van der Waals surface area (Å²) >= 11 is 0.884. The van der Waals surface area contributed by atoms with Crippen molar-refractivity contribution in [2.75, 3.05) is 5.32 Å². The van der Waals surface area contributed by atoms with Crippen LogP contribution in [0.5, 0.6) is 0 Å². The topological polar surface area (TPSA) is 52.9 Å². The number of hydrogen-bond donors (Lipinski definition) is 1. The van der Waals surface area contributed by atoms with Crippen LogP contribution >= 0.6 is 11.3 Å². The lowest BCUT2D eigenvalue weighted by atomic mass is 9.72. The summed E-state index contributed by atoms with van der Waals surface area (Å²) in [6, 6.07) is 1.81. The number of nitriles is 1. The smallest absolute Gasteiger partial charge is 0.316 e. The highest BCUT2D eigenvalue weighted by molar-refractivity contribution is 7.16. The molecule has 0 aliphatic heterocycles. The van der Waals surface area contributed by atoms with Gasteiger partial charge in [0.1, 0.15) is 11.1 Å². The van der Waals surface area contributed by atoms with Gasteiger partial charge in [0.25, 0.3) is 0 Å². The zero-order chi connectivity index (χ0) is 20.8. The first-order valence-corrected chi connectivity index (χ1v) is 8.96. The average molecular weight is 412 g/mol. The summed E-state index contributed by atoms with van der Waals surface area (Å²) in [5.41, 5.74) is 0.530. The quantitative estimate of drug-likeness (QED) is 0.657. The predicted octanol–water partition coefficient (Wildman–Crippen LogP) is 5.45. The fourth-order valence-corrected chi connectivity index (χ4v) is 4.48. The number of alkyl halides is 6. The molecule has 1 aromatic rings. The maximum atomic E-state index is 12.7. The van der Waals surface area contributed by atoms with Crippen LogP contribution in [0.4, 0.5) is 31.3 Å². The van der Waals surface area contributed by atoms with E-state index >= 15 is 0 Å². The first-order chi connectivity index (χ1) is 12.2. The third-order valence-corrected chi connectivity index (χ3v) is 5.93. The van der Waals surface area contributed by atoms with E-state index in [1.165, 1.54) is 0 Å². The molecule has 2 rings (SSSR count). The molecule has 1 aliphatic carbocycles. The first-order valence-electron chi connectivity index (χ1n) is 8.15. The van der Waals surface area contributed by atoms with Gasteiger partial charge in [-0.2, -0.15) is 31.6 Å². The molecule has 1 atom stereocenters. The number of thiophene rings is 1. The number of rotatable bonds is 2. The van der Waals surface area contributed by atoms with Gasteiger partial charge in [-0.3, -0.25) is 4.79 Å². The van der Waals surface area contributed by atoms with Crippen molar-refractivity contribution in [3.8, 4) is 6.07 Å². The number of fused-ring (bicyclic) bond motifs is 1. The van der Waals surface area contributed by atoms with E-state index in [2.05, 4.69) is 0 Å². The van der Waals surface area contributed by atoms with Crippen molar-refractivity contribution in [2.45, 2.75) is 52.4 Å². The highest BCUT2D eigenvalue weighted by Crippen LogP contribution is 2.45. The van der Waals surface area contributed by atoms with Gasteiger partial charge >= 0.3 is 12.4 Å². The van der Waals surface area contributed by atoms with Gasteiger partial charge in [0.05, 0.1) is 5.56 Å². The fraction of sp³-hybridized carbons (Fsp3) is 0.647. The molecule has 150 valence electrons. The van der Waals surface area contributed by atoms with Crippen molar-refractivity contribution in [3.63, 3.8) is 0 Å². The summed E-state index contributed by atoms with van der Waals surface area (Å²) in [6.45, 7) is 6.13. The number of anilines is 1. The minimum absolute atomic E-state index is 0.0322. The Bertz CT molecular complexity index is 753. The molecule has 1 aromatic heterocycles. The molecular formula is C17H18F6N2OS. The van der Waals surface area contributed by atoms with E-state index in [1.807, 2.05) is 26.8 Å². The first kappa shape index (κ1) is 21.5. The SMILES string of the molecule is CC(C)(C)[C@@H]1CCc2c(sc(NC(=O)C(C(F)(F)F)C(F)(F)F)c2C#N)C1. The molecule has 0 saturated carbocycles. The minimum atomic E-state index is -5.77. The lowest BCUT2D eigenvalue weighted by molar-refractivity contribution is -0.272. The fourth-order valence-electron chi connectivity index (χ4n) is 3.20. The van der Waals surface area contributed by atoms with Gasteiger partial charge in [-0.15, -0.1) is 11.3 Å². The van der Waals surface area contributed by atoms with Gasteiger partial charge in [0.2, 0.25) is 11.8 Å². The molecule has 1 amide bonds. The molecule has 0 spiro atoms. The number of nitrogens with zero attached hydrogens (tertiary/aromatic N) is 1. The minimum Gasteiger partial charge on any atom is -0.316 e. The van der Waals surface area contributed by atoms with Crippen molar-refractivity contribution in [2.24, 2.45) is 17.3 Å². The van der Waals surface area contributed by atoms with Crippen molar-refractivity contribution < 1.29 is 31.1 Å². The third-order valence-electron chi connectivity index (χ3n) is 4.76. The van der Waals surface area contributed by atoms with Crippen LogP contribution < -0.4 is 5.32 Å². The van der Waals surface area contributed by atoms with Crippen LogP contribution in [-0.4, -0.2) is 18.3 Å². The second-order valence-electron chi connectivity index (χ2n) is 7.63. The molecule has 3 nitrogen and oxygen atoms in total. The molecule has 1 N–H and O–H groups in total. The number of carbonyl (C=O) groups is 1. The maximum Gasteiger partial charge on any atom is 0.409 e. The third kappa shape index (κ3) is 4.57. The Morgan fingerprint density at radius 3 is 2.19 bits per heavy atom. The summed E-state index contributed by atoms with van der Waals surface area (Å²) in [4.78, 5) is 12.5. The molecule has 1 heterocycles. The van der Waals surface area contributed by atoms with E-state index in [1.54, 1.807) is 5.32 Å². The Hall–Kier alpha value is -1.76. The molecule has 10 heteroatoms. The average Bonchev–Trinajstić information content (AvgIpc) is 2.78. The zero-order valence-corrected chi connectivity index (χ0v) is 15.6. The summed E-state index contributed by atoms with van der Waals surface area (Å²) in [5.74, 6) is -6.10. The molecule has 1 aliphatic rings. The second-order valence-corrected chi connectivity index (χ2v) is 8.74. The van der Waals surface area contributed by atoms with Crippen LogP contribution in [0.2, 0.25) is 0 Å². The molecule has 0 radical (unpaired) electrons. The molecule has 27 heavy (non-hydrogen) atoms.